The Balaban J connectivity index is 2.82. The van der Waals surface area contributed by atoms with Crippen LogP contribution in [0.3, 0.4) is 0 Å². The molecule has 11 heavy (non-hydrogen) atoms. The molecule has 0 nitrogen and oxygen atoms in total. The molecule has 0 radical (unpaired) electrons. The molecule has 0 bridgehead atoms. The van der Waals surface area contributed by atoms with Crippen molar-refractivity contribution in [3.05, 3.63) is 12.7 Å². The molecule has 2 atom stereocenters. The molecule has 0 amide bonds. The van der Waals surface area contributed by atoms with Gasteiger partial charge < -0.3 is 0 Å². The third-order valence-corrected chi connectivity index (χ3v) is 5.39. The zero-order valence-corrected chi connectivity index (χ0v) is 10.1. The van der Waals surface area contributed by atoms with Crippen LogP contribution >= 0.6 is 0 Å². The van der Waals surface area contributed by atoms with Gasteiger partial charge in [0.05, 0.1) is 0 Å². The van der Waals surface area contributed by atoms with E-state index in [1.54, 1.807) is 0 Å². The van der Waals surface area contributed by atoms with Gasteiger partial charge in [0.15, 0.2) is 0 Å². The van der Waals surface area contributed by atoms with Gasteiger partial charge in [0.25, 0.3) is 0 Å². The first kappa shape index (κ1) is 9.05. The van der Waals surface area contributed by atoms with Crippen molar-refractivity contribution in [2.24, 2.45) is 5.41 Å². The first-order valence-corrected chi connectivity index (χ1v) is 5.65. The van der Waals surface area contributed by atoms with E-state index in [2.05, 4.69) is 26.5 Å². The van der Waals surface area contributed by atoms with E-state index < -0.39 is 0 Å². The van der Waals surface area contributed by atoms with Gasteiger partial charge in [0.2, 0.25) is 0 Å². The second-order valence-electron chi connectivity index (χ2n) is 4.71. The Labute approximate surface area is 73.5 Å². The second-order valence-corrected chi connectivity index (χ2v) is 6.92. The van der Waals surface area contributed by atoms with Gasteiger partial charge in [-0.25, -0.2) is 0 Å². The standard InChI is InChI=1S/C10H20Si/c1-4-9(2)7-5-6-8-10(9,3)11/h4H,1,5-8H2,2-3,11H3. The highest BCUT2D eigenvalue weighted by atomic mass is 28.1. The number of allylic oxidation sites excluding steroid dienone is 1. The summed E-state index contributed by atoms with van der Waals surface area (Å²) in [5.74, 6) is 0. The first-order valence-electron chi connectivity index (χ1n) is 4.65. The van der Waals surface area contributed by atoms with Crippen LogP contribution in [0.25, 0.3) is 0 Å². The van der Waals surface area contributed by atoms with Crippen molar-refractivity contribution in [1.82, 2.24) is 0 Å². The fraction of sp³-hybridized carbons (Fsp3) is 0.800. The van der Waals surface area contributed by atoms with E-state index in [4.69, 9.17) is 0 Å². The summed E-state index contributed by atoms with van der Waals surface area (Å²) in [6.07, 6.45) is 7.81. The predicted octanol–water partition coefficient (Wildman–Crippen LogP) is 2.30. The molecule has 0 spiro atoms. The molecule has 1 fully saturated rings. The Morgan fingerprint density at radius 1 is 1.27 bits per heavy atom. The van der Waals surface area contributed by atoms with Crippen LogP contribution < -0.4 is 0 Å². The minimum Gasteiger partial charge on any atom is -0.103 e. The summed E-state index contributed by atoms with van der Waals surface area (Å²) < 4.78 is 0. The van der Waals surface area contributed by atoms with Crippen molar-refractivity contribution >= 4 is 10.2 Å². The monoisotopic (exact) mass is 168 g/mol. The van der Waals surface area contributed by atoms with Crippen LogP contribution in [0.1, 0.15) is 39.5 Å². The number of rotatable bonds is 1. The summed E-state index contributed by atoms with van der Waals surface area (Å²) in [7, 11) is 1.31. The highest BCUT2D eigenvalue weighted by molar-refractivity contribution is 6.15. The average Bonchev–Trinajstić information content (AvgIpc) is 1.95. The maximum absolute atomic E-state index is 3.97. The van der Waals surface area contributed by atoms with Crippen molar-refractivity contribution in [1.29, 1.82) is 0 Å². The topological polar surface area (TPSA) is 0 Å². The van der Waals surface area contributed by atoms with E-state index >= 15 is 0 Å². The molecular weight excluding hydrogens is 148 g/mol. The van der Waals surface area contributed by atoms with Gasteiger partial charge in [-0.05, 0) is 16.9 Å². The Bertz CT molecular complexity index is 160. The number of hydrogen-bond acceptors (Lipinski definition) is 0. The molecule has 1 aliphatic carbocycles. The second kappa shape index (κ2) is 2.78. The van der Waals surface area contributed by atoms with Crippen LogP contribution in [0, 0.1) is 5.41 Å². The van der Waals surface area contributed by atoms with E-state index in [-0.39, 0.29) is 0 Å². The summed E-state index contributed by atoms with van der Waals surface area (Å²) >= 11 is 0. The quantitative estimate of drug-likeness (QED) is 0.416. The average molecular weight is 168 g/mol. The van der Waals surface area contributed by atoms with Crippen LogP contribution in [-0.4, -0.2) is 10.2 Å². The summed E-state index contributed by atoms with van der Waals surface area (Å²) in [6.45, 7) is 8.79. The van der Waals surface area contributed by atoms with Gasteiger partial charge in [0, 0.05) is 10.2 Å². The fourth-order valence-corrected chi connectivity index (χ4v) is 2.87. The first-order chi connectivity index (χ1) is 5.02. The minimum atomic E-state index is 0.442. The van der Waals surface area contributed by atoms with Crippen LogP contribution in [0.5, 0.6) is 0 Å². The minimum absolute atomic E-state index is 0.442. The SMILES string of the molecule is C=CC1(C)CCCCC1(C)[SiH3]. The number of hydrogen-bond donors (Lipinski definition) is 0. The maximum atomic E-state index is 3.97. The summed E-state index contributed by atoms with van der Waals surface area (Å²) in [5.41, 5.74) is 0.442. The van der Waals surface area contributed by atoms with E-state index in [0.717, 1.165) is 0 Å². The Kier molecular flexibility index (Phi) is 2.29. The summed E-state index contributed by atoms with van der Waals surface area (Å²) in [5, 5.41) is 0.604. The fourth-order valence-electron chi connectivity index (χ4n) is 2.06. The van der Waals surface area contributed by atoms with Gasteiger partial charge in [0.1, 0.15) is 0 Å². The molecule has 0 heterocycles. The highest BCUT2D eigenvalue weighted by Crippen LogP contribution is 2.54. The Morgan fingerprint density at radius 3 is 2.18 bits per heavy atom. The van der Waals surface area contributed by atoms with Gasteiger partial charge in [-0.2, -0.15) is 0 Å². The largest absolute Gasteiger partial charge is 0.103 e. The van der Waals surface area contributed by atoms with Gasteiger partial charge in [-0.1, -0.05) is 39.2 Å². The van der Waals surface area contributed by atoms with Crippen molar-refractivity contribution < 1.29 is 0 Å². The van der Waals surface area contributed by atoms with Crippen LogP contribution in [0.2, 0.25) is 5.04 Å². The van der Waals surface area contributed by atoms with Crippen molar-refractivity contribution in [2.45, 2.75) is 44.6 Å². The molecule has 1 saturated carbocycles. The molecule has 0 aliphatic heterocycles. The van der Waals surface area contributed by atoms with E-state index in [1.165, 1.54) is 35.9 Å². The third-order valence-electron chi connectivity index (χ3n) is 3.74. The lowest BCUT2D eigenvalue weighted by atomic mass is 9.67. The third kappa shape index (κ3) is 1.44. The molecule has 0 aromatic heterocycles. The lowest BCUT2D eigenvalue weighted by Crippen LogP contribution is -2.33. The molecule has 0 N–H and O–H groups in total. The van der Waals surface area contributed by atoms with Crippen molar-refractivity contribution in [3.8, 4) is 0 Å². The van der Waals surface area contributed by atoms with Gasteiger partial charge in [-0.15, -0.1) is 6.58 Å². The normalized spacial score (nSPS) is 45.6. The molecule has 1 aliphatic rings. The molecule has 0 saturated heterocycles. The molecule has 0 aromatic rings. The van der Waals surface area contributed by atoms with Crippen LogP contribution in [0.15, 0.2) is 12.7 Å². The van der Waals surface area contributed by atoms with E-state index in [0.29, 0.717) is 10.5 Å². The Morgan fingerprint density at radius 2 is 1.82 bits per heavy atom. The maximum Gasteiger partial charge on any atom is 0.0114 e. The van der Waals surface area contributed by atoms with Crippen molar-refractivity contribution in [2.75, 3.05) is 0 Å². The van der Waals surface area contributed by atoms with E-state index in [9.17, 15) is 0 Å². The van der Waals surface area contributed by atoms with Gasteiger partial charge >= 0.3 is 0 Å². The Hall–Kier alpha value is -0.0431. The summed E-state index contributed by atoms with van der Waals surface area (Å²) in [6, 6.07) is 0. The predicted molar refractivity (Wildman–Crippen MR) is 55.1 cm³/mol. The van der Waals surface area contributed by atoms with E-state index in [1.807, 2.05) is 0 Å². The smallest absolute Gasteiger partial charge is 0.0114 e. The summed E-state index contributed by atoms with van der Waals surface area (Å²) in [4.78, 5) is 0. The molecule has 1 rings (SSSR count). The van der Waals surface area contributed by atoms with Crippen LogP contribution in [-0.2, 0) is 0 Å². The lowest BCUT2D eigenvalue weighted by Gasteiger charge is -2.46. The van der Waals surface area contributed by atoms with Crippen molar-refractivity contribution in [3.63, 3.8) is 0 Å². The zero-order chi connectivity index (χ0) is 8.54. The highest BCUT2D eigenvalue weighted by Gasteiger charge is 2.39. The molecule has 2 unspecified atom stereocenters. The lowest BCUT2D eigenvalue weighted by molar-refractivity contribution is 0.207. The molecular formula is C10H20Si. The zero-order valence-electron chi connectivity index (χ0n) is 8.11. The molecule has 1 heteroatoms. The van der Waals surface area contributed by atoms with Gasteiger partial charge in [-0.3, -0.25) is 0 Å². The molecule has 0 aromatic carbocycles. The van der Waals surface area contributed by atoms with Crippen LogP contribution in [0.4, 0.5) is 0 Å². The molecule has 64 valence electrons.